The van der Waals surface area contributed by atoms with Crippen LogP contribution in [-0.2, 0) is 18.0 Å². The smallest absolute Gasteiger partial charge is 0.262 e. The van der Waals surface area contributed by atoms with Gasteiger partial charge in [-0.25, -0.2) is 0 Å². The molecule has 1 amide bonds. The van der Waals surface area contributed by atoms with Gasteiger partial charge in [-0.2, -0.15) is 5.26 Å². The number of carbonyl (C=O) groups excluding carboxylic acids is 1. The third-order valence-electron chi connectivity index (χ3n) is 5.77. The SMILES string of the molecule is CC(NC(=O)/C(C#N)=C/c1ccc(OCc2ccccc2)c(OCc2ccccc2)c1)c1ccccc1. The third-order valence-corrected chi connectivity index (χ3v) is 5.77. The van der Waals surface area contributed by atoms with Crippen LogP contribution in [0.5, 0.6) is 11.5 Å². The van der Waals surface area contributed by atoms with Crippen molar-refractivity contribution in [1.29, 1.82) is 5.26 Å². The van der Waals surface area contributed by atoms with Gasteiger partial charge in [-0.15, -0.1) is 0 Å². The van der Waals surface area contributed by atoms with Crippen LogP contribution in [0.15, 0.2) is 115 Å². The van der Waals surface area contributed by atoms with E-state index < -0.39 is 5.91 Å². The second-order valence-electron chi connectivity index (χ2n) is 8.53. The molecule has 37 heavy (non-hydrogen) atoms. The molecule has 1 N–H and O–H groups in total. The number of hydrogen-bond donors (Lipinski definition) is 1. The molecule has 0 saturated heterocycles. The largest absolute Gasteiger partial charge is 0.485 e. The van der Waals surface area contributed by atoms with Crippen LogP contribution in [0, 0.1) is 11.3 Å². The van der Waals surface area contributed by atoms with Gasteiger partial charge in [0.15, 0.2) is 11.5 Å². The van der Waals surface area contributed by atoms with Crippen LogP contribution in [-0.4, -0.2) is 5.91 Å². The Bertz CT molecular complexity index is 1380. The number of carbonyl (C=O) groups is 1. The zero-order valence-electron chi connectivity index (χ0n) is 20.6. The summed E-state index contributed by atoms with van der Waals surface area (Å²) in [6, 6.07) is 36.5. The van der Waals surface area contributed by atoms with Crippen molar-refractivity contribution in [3.05, 3.63) is 137 Å². The molecule has 0 aliphatic heterocycles. The normalized spacial score (nSPS) is 11.7. The monoisotopic (exact) mass is 488 g/mol. The van der Waals surface area contributed by atoms with Gasteiger partial charge < -0.3 is 14.8 Å². The minimum Gasteiger partial charge on any atom is -0.485 e. The molecule has 0 saturated carbocycles. The van der Waals surface area contributed by atoms with Crippen molar-refractivity contribution in [2.75, 3.05) is 0 Å². The maximum absolute atomic E-state index is 12.8. The molecule has 5 heteroatoms. The first-order valence-corrected chi connectivity index (χ1v) is 12.1. The van der Waals surface area contributed by atoms with Gasteiger partial charge in [-0.05, 0) is 47.4 Å². The first kappa shape index (κ1) is 25.3. The van der Waals surface area contributed by atoms with Crippen molar-refractivity contribution < 1.29 is 14.3 Å². The Balaban J connectivity index is 1.54. The zero-order valence-corrected chi connectivity index (χ0v) is 20.6. The lowest BCUT2D eigenvalue weighted by atomic mass is 10.1. The summed E-state index contributed by atoms with van der Waals surface area (Å²) in [6.45, 7) is 2.63. The number of amides is 1. The fourth-order valence-electron chi connectivity index (χ4n) is 3.73. The molecule has 0 radical (unpaired) electrons. The maximum atomic E-state index is 12.8. The number of nitrogens with one attached hydrogen (secondary N) is 1. The predicted octanol–water partition coefficient (Wildman–Crippen LogP) is 6.63. The van der Waals surface area contributed by atoms with Crippen molar-refractivity contribution in [3.8, 4) is 17.6 Å². The van der Waals surface area contributed by atoms with E-state index in [2.05, 4.69) is 5.32 Å². The molecule has 0 fully saturated rings. The number of rotatable bonds is 10. The second-order valence-corrected chi connectivity index (χ2v) is 8.53. The van der Waals surface area contributed by atoms with Crippen LogP contribution in [0.3, 0.4) is 0 Å². The van der Waals surface area contributed by atoms with Crippen LogP contribution in [0.25, 0.3) is 6.08 Å². The summed E-state index contributed by atoms with van der Waals surface area (Å²) in [5.41, 5.74) is 3.69. The summed E-state index contributed by atoms with van der Waals surface area (Å²) in [7, 11) is 0. The van der Waals surface area contributed by atoms with Gasteiger partial charge in [0.1, 0.15) is 24.9 Å². The summed E-state index contributed by atoms with van der Waals surface area (Å²) >= 11 is 0. The average molecular weight is 489 g/mol. The lowest BCUT2D eigenvalue weighted by Gasteiger charge is -2.15. The topological polar surface area (TPSA) is 71.4 Å². The molecule has 0 aromatic heterocycles. The van der Waals surface area contributed by atoms with Gasteiger partial charge in [-0.3, -0.25) is 4.79 Å². The molecule has 4 aromatic rings. The Morgan fingerprint density at radius 3 is 1.92 bits per heavy atom. The molecule has 0 aliphatic carbocycles. The van der Waals surface area contributed by atoms with E-state index in [-0.39, 0.29) is 11.6 Å². The van der Waals surface area contributed by atoms with Gasteiger partial charge in [0.2, 0.25) is 0 Å². The summed E-state index contributed by atoms with van der Waals surface area (Å²) in [5, 5.41) is 12.6. The first-order valence-electron chi connectivity index (χ1n) is 12.1. The Morgan fingerprint density at radius 2 is 1.35 bits per heavy atom. The van der Waals surface area contributed by atoms with Crippen molar-refractivity contribution >= 4 is 12.0 Å². The Hall–Kier alpha value is -4.82. The quantitative estimate of drug-likeness (QED) is 0.201. The fraction of sp³-hybridized carbons (Fsp3) is 0.125. The molecular weight excluding hydrogens is 460 g/mol. The second kappa shape index (κ2) is 12.8. The van der Waals surface area contributed by atoms with E-state index in [0.717, 1.165) is 16.7 Å². The van der Waals surface area contributed by atoms with Crippen molar-refractivity contribution in [3.63, 3.8) is 0 Å². The van der Waals surface area contributed by atoms with Crippen LogP contribution in [0.2, 0.25) is 0 Å². The van der Waals surface area contributed by atoms with E-state index in [1.807, 2.05) is 104 Å². The summed E-state index contributed by atoms with van der Waals surface area (Å²) in [4.78, 5) is 12.8. The van der Waals surface area contributed by atoms with Gasteiger partial charge in [0.05, 0.1) is 6.04 Å². The van der Waals surface area contributed by atoms with E-state index in [0.29, 0.717) is 30.3 Å². The van der Waals surface area contributed by atoms with E-state index in [9.17, 15) is 10.1 Å². The van der Waals surface area contributed by atoms with E-state index in [1.165, 1.54) is 0 Å². The van der Waals surface area contributed by atoms with Gasteiger partial charge in [-0.1, -0.05) is 97.1 Å². The van der Waals surface area contributed by atoms with Crippen LogP contribution >= 0.6 is 0 Å². The lowest BCUT2D eigenvalue weighted by Crippen LogP contribution is -2.27. The highest BCUT2D eigenvalue weighted by Crippen LogP contribution is 2.31. The molecule has 5 nitrogen and oxygen atoms in total. The van der Waals surface area contributed by atoms with Crippen molar-refractivity contribution in [1.82, 2.24) is 5.32 Å². The minimum absolute atomic E-state index is 0.00902. The molecule has 1 atom stereocenters. The number of ether oxygens (including phenoxy) is 2. The summed E-state index contributed by atoms with van der Waals surface area (Å²) in [6.07, 6.45) is 1.56. The summed E-state index contributed by atoms with van der Waals surface area (Å²) in [5.74, 6) is 0.677. The zero-order chi connectivity index (χ0) is 25.9. The molecule has 0 heterocycles. The van der Waals surface area contributed by atoms with Gasteiger partial charge in [0, 0.05) is 0 Å². The molecule has 0 bridgehead atoms. The molecule has 1 unspecified atom stereocenters. The molecule has 184 valence electrons. The third kappa shape index (κ3) is 7.33. The Morgan fingerprint density at radius 1 is 0.811 bits per heavy atom. The predicted molar refractivity (Wildman–Crippen MR) is 145 cm³/mol. The van der Waals surface area contributed by atoms with Gasteiger partial charge in [0.25, 0.3) is 5.91 Å². The van der Waals surface area contributed by atoms with E-state index in [4.69, 9.17) is 9.47 Å². The molecule has 4 rings (SSSR count). The summed E-state index contributed by atoms with van der Waals surface area (Å²) < 4.78 is 12.2. The molecule has 4 aromatic carbocycles. The Kier molecular flexibility index (Phi) is 8.72. The highest BCUT2D eigenvalue weighted by molar-refractivity contribution is 6.01. The molecule has 0 spiro atoms. The van der Waals surface area contributed by atoms with Crippen molar-refractivity contribution in [2.45, 2.75) is 26.2 Å². The lowest BCUT2D eigenvalue weighted by molar-refractivity contribution is -0.117. The molecule has 0 aliphatic rings. The Labute approximate surface area is 217 Å². The average Bonchev–Trinajstić information content (AvgIpc) is 2.95. The number of benzene rings is 4. The van der Waals surface area contributed by atoms with E-state index in [1.54, 1.807) is 24.3 Å². The highest BCUT2D eigenvalue weighted by atomic mass is 16.5. The first-order chi connectivity index (χ1) is 18.1. The highest BCUT2D eigenvalue weighted by Gasteiger charge is 2.15. The number of nitriles is 1. The van der Waals surface area contributed by atoms with Gasteiger partial charge >= 0.3 is 0 Å². The van der Waals surface area contributed by atoms with E-state index >= 15 is 0 Å². The standard InChI is InChI=1S/C32H28N2O3/c1-24(28-15-9-4-10-16-28)34-32(35)29(21-33)19-27-17-18-30(36-22-25-11-5-2-6-12-25)31(20-27)37-23-26-13-7-3-8-14-26/h2-20,24H,22-23H2,1H3,(H,34,35)/b29-19+. The number of nitrogens with zero attached hydrogens (tertiary/aromatic N) is 1. The maximum Gasteiger partial charge on any atom is 0.262 e. The molecular formula is C32H28N2O3. The van der Waals surface area contributed by atoms with Crippen LogP contribution in [0.1, 0.15) is 35.2 Å². The minimum atomic E-state index is -0.435. The van der Waals surface area contributed by atoms with Crippen molar-refractivity contribution in [2.24, 2.45) is 0 Å². The van der Waals surface area contributed by atoms with Crippen LogP contribution in [0.4, 0.5) is 0 Å². The van der Waals surface area contributed by atoms with Crippen LogP contribution < -0.4 is 14.8 Å². The number of hydrogen-bond acceptors (Lipinski definition) is 4. The fourth-order valence-corrected chi connectivity index (χ4v) is 3.73.